The topological polar surface area (TPSA) is 134 Å². The zero-order valence-electron chi connectivity index (χ0n) is 20.8. The van der Waals surface area contributed by atoms with Crippen molar-refractivity contribution in [2.45, 2.75) is 39.5 Å². The summed E-state index contributed by atoms with van der Waals surface area (Å²) in [5.74, 6) is -0.460. The fourth-order valence-electron chi connectivity index (χ4n) is 5.28. The highest BCUT2D eigenvalue weighted by atomic mass is 16.7. The highest BCUT2D eigenvalue weighted by molar-refractivity contribution is 6.05. The lowest BCUT2D eigenvalue weighted by molar-refractivity contribution is -0.384. The third-order valence-electron chi connectivity index (χ3n) is 6.78. The van der Waals surface area contributed by atoms with Gasteiger partial charge in [0.15, 0.2) is 17.3 Å². The van der Waals surface area contributed by atoms with Crippen LogP contribution in [0.2, 0.25) is 0 Å². The number of Topliss-reactive ketones (excluding diaryl/α,β-unsaturated/α-hetero) is 1. The number of allylic oxidation sites excluding steroid dienone is 2. The van der Waals surface area contributed by atoms with Crippen LogP contribution in [0, 0.1) is 15.5 Å². The standard InChI is InChI=1S/C27H27N3O7/c1-4-35-26(32)24-22(15-8-9-20-21(10-15)37-14-36-20)23-18(12-27(2,3)13-19(23)31)29(25(24)28)16-6-5-7-17(11-16)30(33)34/h5-11,22H,4,12-14,28H2,1-3H3. The fourth-order valence-corrected chi connectivity index (χ4v) is 5.28. The fraction of sp³-hybridized carbons (Fsp3) is 0.333. The summed E-state index contributed by atoms with van der Waals surface area (Å²) in [6.07, 6.45) is 0.736. The normalized spacial score (nSPS) is 20.1. The SMILES string of the molecule is CCOC(=O)C1=C(N)N(c2cccc([N+](=O)[O-])c2)C2=C(C(=O)CC(C)(C)C2)C1c1ccc2c(c1)OCO2. The van der Waals surface area contributed by atoms with Crippen molar-refractivity contribution in [2.24, 2.45) is 11.1 Å². The largest absolute Gasteiger partial charge is 0.463 e. The summed E-state index contributed by atoms with van der Waals surface area (Å²) in [5.41, 5.74) is 8.34. The van der Waals surface area contributed by atoms with Crippen molar-refractivity contribution >= 4 is 23.1 Å². The molecule has 0 aromatic heterocycles. The van der Waals surface area contributed by atoms with Crippen LogP contribution < -0.4 is 20.1 Å². The molecule has 1 aliphatic carbocycles. The van der Waals surface area contributed by atoms with Crippen LogP contribution >= 0.6 is 0 Å². The van der Waals surface area contributed by atoms with Crippen molar-refractivity contribution in [3.8, 4) is 11.5 Å². The second kappa shape index (κ2) is 8.95. The molecule has 3 aliphatic rings. The van der Waals surface area contributed by atoms with Gasteiger partial charge in [-0.2, -0.15) is 0 Å². The van der Waals surface area contributed by atoms with E-state index in [-0.39, 0.29) is 42.7 Å². The van der Waals surface area contributed by atoms with Crippen molar-refractivity contribution in [2.75, 3.05) is 18.3 Å². The first-order valence-electron chi connectivity index (χ1n) is 12.0. The molecule has 5 rings (SSSR count). The maximum atomic E-state index is 13.8. The van der Waals surface area contributed by atoms with E-state index in [1.54, 1.807) is 42.2 Å². The van der Waals surface area contributed by atoms with Gasteiger partial charge in [-0.25, -0.2) is 4.79 Å². The molecule has 0 bridgehead atoms. The molecule has 2 aromatic carbocycles. The number of benzene rings is 2. The average molecular weight is 506 g/mol. The number of nitro benzene ring substituents is 1. The third kappa shape index (κ3) is 4.18. The van der Waals surface area contributed by atoms with Gasteiger partial charge in [0.1, 0.15) is 5.82 Å². The molecule has 0 spiro atoms. The van der Waals surface area contributed by atoms with E-state index >= 15 is 0 Å². The van der Waals surface area contributed by atoms with Gasteiger partial charge in [-0.15, -0.1) is 0 Å². The molecule has 2 aromatic rings. The van der Waals surface area contributed by atoms with Crippen molar-refractivity contribution in [3.05, 3.63) is 80.8 Å². The number of non-ortho nitro benzene ring substituents is 1. The molecule has 2 N–H and O–H groups in total. The summed E-state index contributed by atoms with van der Waals surface area (Å²) in [6.45, 7) is 5.83. The summed E-state index contributed by atoms with van der Waals surface area (Å²) >= 11 is 0. The van der Waals surface area contributed by atoms with Crippen molar-refractivity contribution in [1.82, 2.24) is 0 Å². The number of fused-ring (bicyclic) bond motifs is 1. The molecule has 2 aliphatic heterocycles. The number of nitro groups is 1. The molecule has 192 valence electrons. The smallest absolute Gasteiger partial charge is 0.338 e. The first kappa shape index (κ1) is 24.4. The Kier molecular flexibility index (Phi) is 5.89. The number of nitrogens with two attached hydrogens (primary N) is 1. The lowest BCUT2D eigenvalue weighted by atomic mass is 9.68. The van der Waals surface area contributed by atoms with Crippen LogP contribution in [-0.2, 0) is 14.3 Å². The number of hydrogen-bond donors (Lipinski definition) is 1. The van der Waals surface area contributed by atoms with E-state index in [0.29, 0.717) is 40.4 Å². The van der Waals surface area contributed by atoms with Gasteiger partial charge in [0, 0.05) is 29.8 Å². The maximum Gasteiger partial charge on any atom is 0.338 e. The highest BCUT2D eigenvalue weighted by Gasteiger charge is 2.47. The minimum Gasteiger partial charge on any atom is -0.463 e. The zero-order valence-corrected chi connectivity index (χ0v) is 20.8. The Hall–Kier alpha value is -4.34. The molecule has 1 atom stereocenters. The minimum atomic E-state index is -0.804. The molecule has 1 unspecified atom stereocenters. The van der Waals surface area contributed by atoms with Gasteiger partial charge < -0.3 is 19.9 Å². The molecular formula is C27H27N3O7. The maximum absolute atomic E-state index is 13.8. The molecule has 10 heteroatoms. The Balaban J connectivity index is 1.78. The van der Waals surface area contributed by atoms with Crippen molar-refractivity contribution in [1.29, 1.82) is 0 Å². The number of ketones is 1. The van der Waals surface area contributed by atoms with Crippen LogP contribution in [0.5, 0.6) is 11.5 Å². The summed E-state index contributed by atoms with van der Waals surface area (Å²) in [6, 6.07) is 11.2. The Bertz CT molecular complexity index is 1390. The summed E-state index contributed by atoms with van der Waals surface area (Å²) < 4.78 is 16.4. The first-order chi connectivity index (χ1) is 17.6. The molecule has 0 saturated heterocycles. The van der Waals surface area contributed by atoms with E-state index in [9.17, 15) is 19.7 Å². The average Bonchev–Trinajstić information content (AvgIpc) is 3.30. The summed E-state index contributed by atoms with van der Waals surface area (Å²) in [5, 5.41) is 11.5. The van der Waals surface area contributed by atoms with Crippen LogP contribution in [0.4, 0.5) is 11.4 Å². The monoisotopic (exact) mass is 505 g/mol. The number of carbonyl (C=O) groups is 2. The molecule has 2 heterocycles. The van der Waals surface area contributed by atoms with Gasteiger partial charge in [-0.1, -0.05) is 26.0 Å². The predicted octanol–water partition coefficient (Wildman–Crippen LogP) is 4.30. The van der Waals surface area contributed by atoms with Gasteiger partial charge in [0.2, 0.25) is 6.79 Å². The second-order valence-electron chi connectivity index (χ2n) is 9.98. The van der Waals surface area contributed by atoms with E-state index in [4.69, 9.17) is 19.9 Å². The Morgan fingerprint density at radius 3 is 2.68 bits per heavy atom. The van der Waals surface area contributed by atoms with Crippen LogP contribution in [-0.4, -0.2) is 30.1 Å². The molecule has 0 radical (unpaired) electrons. The lowest BCUT2D eigenvalue weighted by Gasteiger charge is -2.44. The number of hydrogen-bond acceptors (Lipinski definition) is 9. The minimum absolute atomic E-state index is 0.0610. The Labute approximate surface area is 213 Å². The zero-order chi connectivity index (χ0) is 26.5. The van der Waals surface area contributed by atoms with Gasteiger partial charge in [0.05, 0.1) is 28.7 Å². The Morgan fingerprint density at radius 1 is 1.19 bits per heavy atom. The van der Waals surface area contributed by atoms with Crippen molar-refractivity contribution < 1.29 is 28.7 Å². The van der Waals surface area contributed by atoms with E-state index < -0.39 is 22.2 Å². The lowest BCUT2D eigenvalue weighted by Crippen LogP contribution is -2.43. The Morgan fingerprint density at radius 2 is 1.95 bits per heavy atom. The predicted molar refractivity (Wildman–Crippen MR) is 134 cm³/mol. The number of anilines is 1. The van der Waals surface area contributed by atoms with Crippen LogP contribution in [0.15, 0.2) is 65.1 Å². The van der Waals surface area contributed by atoms with Crippen LogP contribution in [0.25, 0.3) is 0 Å². The van der Waals surface area contributed by atoms with E-state index in [2.05, 4.69) is 0 Å². The number of esters is 1. The van der Waals surface area contributed by atoms with Gasteiger partial charge >= 0.3 is 5.97 Å². The molecule has 10 nitrogen and oxygen atoms in total. The first-order valence-corrected chi connectivity index (χ1v) is 12.0. The van der Waals surface area contributed by atoms with Crippen molar-refractivity contribution in [3.63, 3.8) is 0 Å². The highest BCUT2D eigenvalue weighted by Crippen LogP contribution is 2.51. The quantitative estimate of drug-likeness (QED) is 0.358. The van der Waals surface area contributed by atoms with E-state index in [1.165, 1.54) is 12.1 Å². The van der Waals surface area contributed by atoms with E-state index in [0.717, 1.165) is 0 Å². The molecular weight excluding hydrogens is 478 g/mol. The van der Waals surface area contributed by atoms with Crippen LogP contribution in [0.1, 0.15) is 45.1 Å². The molecule has 0 saturated carbocycles. The molecule has 0 amide bonds. The number of rotatable bonds is 5. The molecule has 37 heavy (non-hydrogen) atoms. The summed E-state index contributed by atoms with van der Waals surface area (Å²) in [4.78, 5) is 39.8. The van der Waals surface area contributed by atoms with E-state index in [1.807, 2.05) is 13.8 Å². The van der Waals surface area contributed by atoms with Gasteiger partial charge in [0.25, 0.3) is 5.69 Å². The third-order valence-corrected chi connectivity index (χ3v) is 6.78. The number of carbonyl (C=O) groups excluding carboxylic acids is 2. The molecule has 0 fully saturated rings. The van der Waals surface area contributed by atoms with Gasteiger partial charge in [-0.3, -0.25) is 19.8 Å². The second-order valence-corrected chi connectivity index (χ2v) is 9.98. The van der Waals surface area contributed by atoms with Gasteiger partial charge in [-0.05, 0) is 42.5 Å². The number of nitrogens with zero attached hydrogens (tertiary/aromatic N) is 2. The van der Waals surface area contributed by atoms with Crippen LogP contribution in [0.3, 0.4) is 0 Å². The summed E-state index contributed by atoms with van der Waals surface area (Å²) in [7, 11) is 0. The number of ether oxygens (including phenoxy) is 3.